The third kappa shape index (κ3) is 9.89. The quantitative estimate of drug-likeness (QED) is 0.0399. The largest absolute Gasteiger partial charge is 0.494 e. The number of unbranched alkanes of at least 4 members (excludes halogenated alkanes) is 1. The number of esters is 2. The van der Waals surface area contributed by atoms with Gasteiger partial charge in [0.15, 0.2) is 0 Å². The van der Waals surface area contributed by atoms with Crippen molar-refractivity contribution in [3.8, 4) is 23.0 Å². The minimum atomic E-state index is -0.504. The molecule has 0 N–H and O–H groups in total. The first-order chi connectivity index (χ1) is 22.7. The smallest absolute Gasteiger partial charge is 0.343 e. The standard InChI is InChI=1S/C39H40O8/c1-6-27(3)43-21-7-8-22-44-34-19-15-33(16-20-34)38(41)46-36-23-26(2)37(29(5)28(36)4)47-39(42)32-13-9-31(10-14-32)25-45-35-17-11-30(24-40)12-18-35/h6,9-20,23-24,27H,1,7-8,21-22,25H2,2-5H3. The van der Waals surface area contributed by atoms with E-state index in [1.807, 2.05) is 20.8 Å². The molecule has 0 aliphatic heterocycles. The van der Waals surface area contributed by atoms with Crippen molar-refractivity contribution in [2.45, 2.75) is 53.2 Å². The van der Waals surface area contributed by atoms with Gasteiger partial charge in [-0.2, -0.15) is 0 Å². The van der Waals surface area contributed by atoms with E-state index in [9.17, 15) is 14.4 Å². The molecule has 0 aromatic heterocycles. The Hall–Kier alpha value is -5.21. The third-order valence-electron chi connectivity index (χ3n) is 7.60. The van der Waals surface area contributed by atoms with Crippen LogP contribution in [0, 0.1) is 20.8 Å². The Labute approximate surface area is 275 Å². The van der Waals surface area contributed by atoms with Gasteiger partial charge in [0.2, 0.25) is 0 Å². The van der Waals surface area contributed by atoms with E-state index in [0.29, 0.717) is 76.2 Å². The van der Waals surface area contributed by atoms with Crippen LogP contribution in [0.1, 0.15) is 73.1 Å². The van der Waals surface area contributed by atoms with E-state index in [-0.39, 0.29) is 6.10 Å². The van der Waals surface area contributed by atoms with Crippen molar-refractivity contribution in [3.63, 3.8) is 0 Å². The topological polar surface area (TPSA) is 97.4 Å². The number of carbonyl (C=O) groups is 3. The molecule has 4 aromatic rings. The molecule has 0 amide bonds. The lowest BCUT2D eigenvalue weighted by Gasteiger charge is -2.16. The van der Waals surface area contributed by atoms with Crippen LogP contribution in [0.15, 0.2) is 91.5 Å². The van der Waals surface area contributed by atoms with Crippen LogP contribution in [-0.2, 0) is 11.3 Å². The first-order valence-electron chi connectivity index (χ1n) is 15.5. The Balaban J connectivity index is 1.30. The monoisotopic (exact) mass is 636 g/mol. The molecule has 8 nitrogen and oxygen atoms in total. The zero-order valence-corrected chi connectivity index (χ0v) is 27.2. The Morgan fingerprint density at radius 3 is 1.96 bits per heavy atom. The number of benzene rings is 4. The fourth-order valence-electron chi connectivity index (χ4n) is 4.56. The van der Waals surface area contributed by atoms with Crippen molar-refractivity contribution in [1.29, 1.82) is 0 Å². The molecule has 0 saturated carbocycles. The van der Waals surface area contributed by atoms with Gasteiger partial charge in [-0.25, -0.2) is 9.59 Å². The summed E-state index contributed by atoms with van der Waals surface area (Å²) in [5, 5.41) is 0. The summed E-state index contributed by atoms with van der Waals surface area (Å²) in [7, 11) is 0. The van der Waals surface area contributed by atoms with Crippen LogP contribution >= 0.6 is 0 Å². The van der Waals surface area contributed by atoms with Crippen LogP contribution in [0.4, 0.5) is 0 Å². The summed E-state index contributed by atoms with van der Waals surface area (Å²) in [5.41, 5.74) is 4.25. The summed E-state index contributed by atoms with van der Waals surface area (Å²) in [6.45, 7) is 12.6. The number of aryl methyl sites for hydroxylation is 1. The van der Waals surface area contributed by atoms with Crippen molar-refractivity contribution >= 4 is 18.2 Å². The molecule has 0 spiro atoms. The molecule has 0 aliphatic rings. The molecule has 0 aliphatic carbocycles. The molecule has 1 unspecified atom stereocenters. The third-order valence-corrected chi connectivity index (χ3v) is 7.60. The predicted molar refractivity (Wildman–Crippen MR) is 180 cm³/mol. The summed E-state index contributed by atoms with van der Waals surface area (Å²) in [6.07, 6.45) is 4.31. The SMILES string of the molecule is C=CC(C)OCCCCOc1ccc(C(=O)Oc2cc(C)c(OC(=O)c3ccc(COc4ccc(C=O)cc4)cc3)c(C)c2C)cc1. The van der Waals surface area contributed by atoms with E-state index in [2.05, 4.69) is 6.58 Å². The van der Waals surface area contributed by atoms with Gasteiger partial charge in [0.1, 0.15) is 35.9 Å². The lowest BCUT2D eigenvalue weighted by molar-refractivity contribution is 0.0716. The molecule has 244 valence electrons. The maximum Gasteiger partial charge on any atom is 0.343 e. The molecule has 0 radical (unpaired) electrons. The fraction of sp³-hybridized carbons (Fsp3) is 0.256. The summed E-state index contributed by atoms with van der Waals surface area (Å²) >= 11 is 0. The molecule has 4 aromatic carbocycles. The zero-order chi connectivity index (χ0) is 33.8. The molecule has 4 rings (SSSR count). The molecule has 1 atom stereocenters. The van der Waals surface area contributed by atoms with Crippen molar-refractivity contribution in [2.75, 3.05) is 13.2 Å². The number of ether oxygens (including phenoxy) is 5. The van der Waals surface area contributed by atoms with Crippen LogP contribution in [0.2, 0.25) is 0 Å². The lowest BCUT2D eigenvalue weighted by atomic mass is 10.0. The van der Waals surface area contributed by atoms with Gasteiger partial charge < -0.3 is 23.7 Å². The number of aldehydes is 1. The van der Waals surface area contributed by atoms with Crippen LogP contribution in [0.25, 0.3) is 0 Å². The number of rotatable bonds is 16. The first-order valence-corrected chi connectivity index (χ1v) is 15.5. The number of hydrogen-bond donors (Lipinski definition) is 0. The van der Waals surface area contributed by atoms with Crippen molar-refractivity contribution in [2.24, 2.45) is 0 Å². The van der Waals surface area contributed by atoms with Crippen molar-refractivity contribution in [3.05, 3.63) is 130 Å². The average molecular weight is 637 g/mol. The predicted octanol–water partition coefficient (Wildman–Crippen LogP) is 8.19. The normalized spacial score (nSPS) is 11.3. The molecule has 0 saturated heterocycles. The van der Waals surface area contributed by atoms with E-state index in [4.69, 9.17) is 23.7 Å². The Bertz CT molecular complexity index is 1670. The second kappa shape index (κ2) is 16.9. The second-order valence-electron chi connectivity index (χ2n) is 11.1. The summed E-state index contributed by atoms with van der Waals surface area (Å²) in [6, 6.07) is 22.3. The highest BCUT2D eigenvalue weighted by Gasteiger charge is 2.19. The molecular formula is C39H40O8. The van der Waals surface area contributed by atoms with Gasteiger partial charge >= 0.3 is 11.9 Å². The van der Waals surface area contributed by atoms with E-state index in [1.165, 1.54) is 0 Å². The van der Waals surface area contributed by atoms with Crippen LogP contribution < -0.4 is 18.9 Å². The highest BCUT2D eigenvalue weighted by molar-refractivity contribution is 5.92. The maximum absolute atomic E-state index is 13.0. The van der Waals surface area contributed by atoms with Gasteiger partial charge in [-0.15, -0.1) is 6.58 Å². The van der Waals surface area contributed by atoms with Crippen molar-refractivity contribution < 1.29 is 38.1 Å². The lowest BCUT2D eigenvalue weighted by Crippen LogP contribution is -2.13. The maximum atomic E-state index is 13.0. The van der Waals surface area contributed by atoms with Gasteiger partial charge in [-0.05, 0) is 130 Å². The van der Waals surface area contributed by atoms with E-state index in [1.54, 1.807) is 91.9 Å². The highest BCUT2D eigenvalue weighted by Crippen LogP contribution is 2.34. The average Bonchev–Trinajstić information content (AvgIpc) is 3.09. The molecule has 8 heteroatoms. The summed E-state index contributed by atoms with van der Waals surface area (Å²) in [4.78, 5) is 36.8. The second-order valence-corrected chi connectivity index (χ2v) is 11.1. The summed E-state index contributed by atoms with van der Waals surface area (Å²) in [5.74, 6) is 1.11. The molecular weight excluding hydrogens is 596 g/mol. The van der Waals surface area contributed by atoms with Crippen molar-refractivity contribution in [1.82, 2.24) is 0 Å². The number of carbonyl (C=O) groups excluding carboxylic acids is 3. The van der Waals surface area contributed by atoms with Crippen LogP contribution in [0.3, 0.4) is 0 Å². The summed E-state index contributed by atoms with van der Waals surface area (Å²) < 4.78 is 28.6. The van der Waals surface area contributed by atoms with E-state index in [0.717, 1.165) is 24.7 Å². The van der Waals surface area contributed by atoms with E-state index < -0.39 is 11.9 Å². The molecule has 0 heterocycles. The minimum Gasteiger partial charge on any atom is -0.494 e. The molecule has 0 fully saturated rings. The fourth-order valence-corrected chi connectivity index (χ4v) is 4.56. The molecule has 47 heavy (non-hydrogen) atoms. The van der Waals surface area contributed by atoms with Gasteiger partial charge in [-0.3, -0.25) is 4.79 Å². The van der Waals surface area contributed by atoms with E-state index >= 15 is 0 Å². The van der Waals surface area contributed by atoms with Gasteiger partial charge in [0, 0.05) is 12.2 Å². The highest BCUT2D eigenvalue weighted by atomic mass is 16.5. The van der Waals surface area contributed by atoms with Crippen LogP contribution in [-0.4, -0.2) is 37.5 Å². The first kappa shape index (κ1) is 34.7. The Morgan fingerprint density at radius 2 is 1.32 bits per heavy atom. The van der Waals surface area contributed by atoms with Gasteiger partial charge in [-0.1, -0.05) is 18.2 Å². The van der Waals surface area contributed by atoms with Crippen LogP contribution in [0.5, 0.6) is 23.0 Å². The Morgan fingerprint density at radius 1 is 0.745 bits per heavy atom. The molecule has 0 bridgehead atoms. The minimum absolute atomic E-state index is 0.0413. The number of hydrogen-bond acceptors (Lipinski definition) is 8. The van der Waals surface area contributed by atoms with Gasteiger partial charge in [0.25, 0.3) is 0 Å². The van der Waals surface area contributed by atoms with Gasteiger partial charge in [0.05, 0.1) is 23.8 Å². The Kier molecular flexibility index (Phi) is 12.5. The zero-order valence-electron chi connectivity index (χ0n) is 27.2.